The summed E-state index contributed by atoms with van der Waals surface area (Å²) >= 11 is 0. The normalized spacial score (nSPS) is 18.6. The van der Waals surface area contributed by atoms with Crippen LogP contribution in [0.1, 0.15) is 0 Å². The molecule has 3 nitrogen and oxygen atoms in total. The zero-order chi connectivity index (χ0) is 3.86. The average molecular weight is 71.1 g/mol. The molecule has 2 N–H and O–H groups in total. The Hall–Kier alpha value is -0.730. The fraction of sp³-hybridized carbons (Fsp3) is 0.500. The first-order valence-electron chi connectivity index (χ1n) is 1.38. The highest BCUT2D eigenvalue weighted by molar-refractivity contribution is 5.86. The summed E-state index contributed by atoms with van der Waals surface area (Å²) in [6, 6.07) is 0. The van der Waals surface area contributed by atoms with Crippen molar-refractivity contribution >= 4 is 5.96 Å². The van der Waals surface area contributed by atoms with E-state index in [0.717, 1.165) is 0 Å². The van der Waals surface area contributed by atoms with E-state index in [1.165, 1.54) is 0 Å². The maximum atomic E-state index is 5.04. The molecule has 5 heavy (non-hydrogen) atoms. The van der Waals surface area contributed by atoms with E-state index >= 15 is 0 Å². The number of guanidine groups is 1. The molecule has 0 saturated carbocycles. The van der Waals surface area contributed by atoms with Crippen LogP contribution < -0.4 is 5.73 Å². The van der Waals surface area contributed by atoms with Crippen molar-refractivity contribution in [3.8, 4) is 0 Å². The molecule has 0 unspecified atom stereocenters. The van der Waals surface area contributed by atoms with Crippen LogP contribution in [-0.4, -0.2) is 18.0 Å². The number of hydrazone groups is 1. The van der Waals surface area contributed by atoms with E-state index in [1.807, 2.05) is 0 Å². The van der Waals surface area contributed by atoms with Crippen molar-refractivity contribution in [1.82, 2.24) is 5.01 Å². The Balaban J connectivity index is 2.38. The van der Waals surface area contributed by atoms with Crippen LogP contribution in [-0.2, 0) is 0 Å². The fourth-order valence-electron chi connectivity index (χ4n) is 0.131. The molecule has 1 rings (SSSR count). The Morgan fingerprint density at radius 2 is 2.20 bits per heavy atom. The highest BCUT2D eigenvalue weighted by Crippen LogP contribution is 1.94. The van der Waals surface area contributed by atoms with Crippen LogP contribution in [0, 0.1) is 0 Å². The third-order valence-corrected chi connectivity index (χ3v) is 0.545. The molecule has 1 heterocycles. The van der Waals surface area contributed by atoms with Gasteiger partial charge < -0.3 is 5.73 Å². The molecule has 0 aromatic rings. The van der Waals surface area contributed by atoms with E-state index in [1.54, 1.807) is 12.1 Å². The van der Waals surface area contributed by atoms with Gasteiger partial charge in [-0.1, -0.05) is 0 Å². The summed E-state index contributed by atoms with van der Waals surface area (Å²) in [6.45, 7) is 0. The van der Waals surface area contributed by atoms with Crippen molar-refractivity contribution in [2.45, 2.75) is 0 Å². The van der Waals surface area contributed by atoms with Gasteiger partial charge in [0.1, 0.15) is 0 Å². The second kappa shape index (κ2) is 0.429. The molecule has 0 saturated heterocycles. The Morgan fingerprint density at radius 3 is 2.20 bits per heavy atom. The lowest BCUT2D eigenvalue weighted by Gasteiger charge is -1.75. The second-order valence-corrected chi connectivity index (χ2v) is 0.982. The lowest BCUT2D eigenvalue weighted by Crippen LogP contribution is -2.07. The summed E-state index contributed by atoms with van der Waals surface area (Å²) in [6.07, 6.45) is 0. The van der Waals surface area contributed by atoms with Crippen LogP contribution in [0.15, 0.2) is 5.10 Å². The van der Waals surface area contributed by atoms with Crippen LogP contribution in [0.2, 0.25) is 0 Å². The molecule has 0 bridgehead atoms. The Bertz CT molecular complexity index is 75.0. The average Bonchev–Trinajstić information content (AvgIpc) is 1.79. The standard InChI is InChI=1S/C2H5N3/c1-5-2(3)4-5/h1H3,(H2,3,4). The Morgan fingerprint density at radius 1 is 2.00 bits per heavy atom. The molecular formula is C2H5N3. The van der Waals surface area contributed by atoms with Gasteiger partial charge in [-0.2, -0.15) is 0 Å². The van der Waals surface area contributed by atoms with Crippen molar-refractivity contribution in [3.63, 3.8) is 0 Å². The van der Waals surface area contributed by atoms with E-state index in [2.05, 4.69) is 5.10 Å². The molecule has 0 aliphatic carbocycles. The zero-order valence-electron chi connectivity index (χ0n) is 2.97. The first-order valence-corrected chi connectivity index (χ1v) is 1.38. The monoisotopic (exact) mass is 71.0 g/mol. The molecule has 0 atom stereocenters. The molecule has 0 aromatic heterocycles. The minimum atomic E-state index is 0.630. The molecule has 0 radical (unpaired) electrons. The third-order valence-electron chi connectivity index (χ3n) is 0.545. The SMILES string of the molecule is CN1N=C1N. The van der Waals surface area contributed by atoms with Gasteiger partial charge in [-0.3, -0.25) is 0 Å². The van der Waals surface area contributed by atoms with E-state index in [0.29, 0.717) is 5.96 Å². The van der Waals surface area contributed by atoms with Gasteiger partial charge in [-0.25, -0.2) is 5.01 Å². The summed E-state index contributed by atoms with van der Waals surface area (Å²) in [4.78, 5) is 0. The van der Waals surface area contributed by atoms with Gasteiger partial charge in [-0.15, -0.1) is 5.10 Å². The van der Waals surface area contributed by atoms with Crippen molar-refractivity contribution in [3.05, 3.63) is 0 Å². The maximum Gasteiger partial charge on any atom is 0.234 e. The molecule has 0 aromatic carbocycles. The number of hydrogen-bond donors (Lipinski definition) is 1. The highest BCUT2D eigenvalue weighted by atomic mass is 15.6. The van der Waals surface area contributed by atoms with E-state index in [9.17, 15) is 0 Å². The first kappa shape index (κ1) is 2.50. The van der Waals surface area contributed by atoms with Crippen molar-refractivity contribution < 1.29 is 0 Å². The minimum absolute atomic E-state index is 0.630. The third kappa shape index (κ3) is 0.190. The van der Waals surface area contributed by atoms with Gasteiger partial charge >= 0.3 is 0 Å². The summed E-state index contributed by atoms with van der Waals surface area (Å²) in [5.41, 5.74) is 5.04. The molecule has 0 spiro atoms. The van der Waals surface area contributed by atoms with Crippen LogP contribution in [0.4, 0.5) is 0 Å². The van der Waals surface area contributed by atoms with E-state index in [-0.39, 0.29) is 0 Å². The zero-order valence-corrected chi connectivity index (χ0v) is 2.97. The molecule has 28 valence electrons. The van der Waals surface area contributed by atoms with Crippen molar-refractivity contribution in [1.29, 1.82) is 0 Å². The lowest BCUT2D eigenvalue weighted by molar-refractivity contribution is 0.681. The molecule has 1 aliphatic rings. The number of nitrogens with two attached hydrogens (primary N) is 1. The van der Waals surface area contributed by atoms with Gasteiger partial charge in [0.25, 0.3) is 0 Å². The van der Waals surface area contributed by atoms with Gasteiger partial charge in [0.05, 0.1) is 0 Å². The smallest absolute Gasteiger partial charge is 0.234 e. The quantitative estimate of drug-likeness (QED) is 0.404. The molecule has 0 amide bonds. The summed E-state index contributed by atoms with van der Waals surface area (Å²) in [7, 11) is 1.80. The van der Waals surface area contributed by atoms with Crippen LogP contribution >= 0.6 is 0 Å². The van der Waals surface area contributed by atoms with Crippen LogP contribution in [0.25, 0.3) is 0 Å². The second-order valence-electron chi connectivity index (χ2n) is 0.982. The number of rotatable bonds is 0. The van der Waals surface area contributed by atoms with Gasteiger partial charge in [0.15, 0.2) is 0 Å². The van der Waals surface area contributed by atoms with Gasteiger partial charge in [0, 0.05) is 7.05 Å². The number of hydrogen-bond acceptors (Lipinski definition) is 3. The Kier molecular flexibility index (Phi) is 0.215. The highest BCUT2D eigenvalue weighted by Gasteiger charge is 2.10. The van der Waals surface area contributed by atoms with E-state index < -0.39 is 0 Å². The molecular weight excluding hydrogens is 66.0 g/mol. The predicted octanol–water partition coefficient (Wildman–Crippen LogP) is -0.839. The van der Waals surface area contributed by atoms with E-state index in [4.69, 9.17) is 5.73 Å². The summed E-state index contributed by atoms with van der Waals surface area (Å²) in [5, 5.41) is 5.19. The van der Waals surface area contributed by atoms with Crippen molar-refractivity contribution in [2.75, 3.05) is 7.05 Å². The van der Waals surface area contributed by atoms with Crippen LogP contribution in [0.5, 0.6) is 0 Å². The van der Waals surface area contributed by atoms with Crippen LogP contribution in [0.3, 0.4) is 0 Å². The van der Waals surface area contributed by atoms with Gasteiger partial charge in [-0.05, 0) is 0 Å². The number of nitrogens with zero attached hydrogens (tertiary/aromatic N) is 2. The topological polar surface area (TPSA) is 41.4 Å². The predicted molar refractivity (Wildman–Crippen MR) is 19.4 cm³/mol. The lowest BCUT2D eigenvalue weighted by atomic mass is 11.1. The minimum Gasteiger partial charge on any atom is -0.367 e. The molecule has 0 fully saturated rings. The van der Waals surface area contributed by atoms with Crippen molar-refractivity contribution in [2.24, 2.45) is 10.8 Å². The molecule has 3 heteroatoms. The van der Waals surface area contributed by atoms with Gasteiger partial charge in [0.2, 0.25) is 5.96 Å². The molecule has 1 aliphatic heterocycles. The summed E-state index contributed by atoms with van der Waals surface area (Å²) < 4.78 is 0. The first-order chi connectivity index (χ1) is 2.30. The maximum absolute atomic E-state index is 5.04. The Labute approximate surface area is 30.1 Å². The largest absolute Gasteiger partial charge is 0.367 e. The summed E-state index contributed by atoms with van der Waals surface area (Å²) in [5.74, 6) is 0.630. The fourth-order valence-corrected chi connectivity index (χ4v) is 0.131.